The number of ether oxygens (including phenoxy) is 1. The van der Waals surface area contributed by atoms with Crippen molar-refractivity contribution in [1.29, 1.82) is 0 Å². The van der Waals surface area contributed by atoms with Gasteiger partial charge in [-0.2, -0.15) is 5.10 Å². The molecule has 0 aliphatic heterocycles. The molecule has 146 valence electrons. The number of anilines is 2. The van der Waals surface area contributed by atoms with Crippen molar-refractivity contribution in [1.82, 2.24) is 9.78 Å². The highest BCUT2D eigenvalue weighted by Crippen LogP contribution is 2.30. The summed E-state index contributed by atoms with van der Waals surface area (Å²) in [7, 11) is 1.66. The molecule has 8 heteroatoms. The molecule has 5 nitrogen and oxygen atoms in total. The summed E-state index contributed by atoms with van der Waals surface area (Å²) >= 11 is 17.7. The maximum Gasteiger partial charge on any atom is 0.175 e. The van der Waals surface area contributed by atoms with Gasteiger partial charge in [0.25, 0.3) is 0 Å². The maximum atomic E-state index is 6.21. The zero-order valence-corrected chi connectivity index (χ0v) is 18.0. The lowest BCUT2D eigenvalue weighted by molar-refractivity contribution is 0.414. The summed E-state index contributed by atoms with van der Waals surface area (Å²) in [6, 6.07) is 13.3. The first-order valence-electron chi connectivity index (χ1n) is 8.58. The number of nitrogens with one attached hydrogen (secondary N) is 2. The fourth-order valence-electron chi connectivity index (χ4n) is 2.84. The van der Waals surface area contributed by atoms with Crippen LogP contribution in [0.2, 0.25) is 10.0 Å². The zero-order chi connectivity index (χ0) is 20.3. The molecule has 0 aliphatic carbocycles. The number of rotatable bonds is 5. The van der Waals surface area contributed by atoms with E-state index in [9.17, 15) is 0 Å². The number of methoxy groups -OCH3 is 1. The molecule has 0 bridgehead atoms. The SMILES string of the molecule is COc1cccc(Cn2nc(C)c(NC(=S)Nc3cccc(Cl)c3Cl)c2C)c1. The molecule has 0 aliphatic rings. The number of aryl methyl sites for hydroxylation is 1. The van der Waals surface area contributed by atoms with Gasteiger partial charge in [0.1, 0.15) is 5.75 Å². The van der Waals surface area contributed by atoms with Crippen molar-refractivity contribution in [3.05, 3.63) is 69.5 Å². The van der Waals surface area contributed by atoms with Gasteiger partial charge in [-0.3, -0.25) is 4.68 Å². The van der Waals surface area contributed by atoms with Crippen molar-refractivity contribution in [2.45, 2.75) is 20.4 Å². The lowest BCUT2D eigenvalue weighted by Crippen LogP contribution is -2.20. The first-order chi connectivity index (χ1) is 13.4. The van der Waals surface area contributed by atoms with Crippen molar-refractivity contribution >= 4 is 51.9 Å². The van der Waals surface area contributed by atoms with Gasteiger partial charge in [-0.05, 0) is 55.9 Å². The van der Waals surface area contributed by atoms with Gasteiger partial charge in [0, 0.05) is 0 Å². The van der Waals surface area contributed by atoms with Gasteiger partial charge in [-0.1, -0.05) is 41.4 Å². The van der Waals surface area contributed by atoms with Gasteiger partial charge < -0.3 is 15.4 Å². The lowest BCUT2D eigenvalue weighted by Gasteiger charge is -2.13. The number of aromatic nitrogens is 2. The van der Waals surface area contributed by atoms with E-state index in [2.05, 4.69) is 15.7 Å². The predicted molar refractivity (Wildman–Crippen MR) is 120 cm³/mol. The van der Waals surface area contributed by atoms with Crippen molar-refractivity contribution in [2.75, 3.05) is 17.7 Å². The van der Waals surface area contributed by atoms with E-state index in [4.69, 9.17) is 40.2 Å². The summed E-state index contributed by atoms with van der Waals surface area (Å²) in [5, 5.41) is 12.2. The highest BCUT2D eigenvalue weighted by molar-refractivity contribution is 7.80. The molecule has 0 spiro atoms. The molecule has 2 N–H and O–H groups in total. The Balaban J connectivity index is 1.76. The Morgan fingerprint density at radius 1 is 1.14 bits per heavy atom. The minimum atomic E-state index is 0.413. The predicted octanol–water partition coefficient (Wildman–Crippen LogP) is 5.67. The number of hydrogen-bond acceptors (Lipinski definition) is 3. The molecule has 0 atom stereocenters. The van der Waals surface area contributed by atoms with E-state index in [-0.39, 0.29) is 0 Å². The van der Waals surface area contributed by atoms with Gasteiger partial charge in [0.2, 0.25) is 0 Å². The summed E-state index contributed by atoms with van der Waals surface area (Å²) in [6.07, 6.45) is 0. The minimum Gasteiger partial charge on any atom is -0.497 e. The van der Waals surface area contributed by atoms with Crippen LogP contribution in [-0.4, -0.2) is 22.0 Å². The molecule has 0 saturated carbocycles. The quantitative estimate of drug-likeness (QED) is 0.506. The van der Waals surface area contributed by atoms with E-state index in [0.717, 1.165) is 28.4 Å². The average Bonchev–Trinajstić information content (AvgIpc) is 2.93. The van der Waals surface area contributed by atoms with E-state index in [0.29, 0.717) is 27.4 Å². The van der Waals surface area contributed by atoms with Gasteiger partial charge in [0.15, 0.2) is 5.11 Å². The second-order valence-corrected chi connectivity index (χ2v) is 7.43. The summed E-state index contributed by atoms with van der Waals surface area (Å²) in [4.78, 5) is 0. The highest BCUT2D eigenvalue weighted by atomic mass is 35.5. The van der Waals surface area contributed by atoms with Crippen LogP contribution in [0.4, 0.5) is 11.4 Å². The number of hydrogen-bond donors (Lipinski definition) is 2. The van der Waals surface area contributed by atoms with Crippen molar-refractivity contribution in [3.63, 3.8) is 0 Å². The maximum absolute atomic E-state index is 6.21. The monoisotopic (exact) mass is 434 g/mol. The first-order valence-corrected chi connectivity index (χ1v) is 9.74. The minimum absolute atomic E-state index is 0.413. The standard InChI is InChI=1S/C20H20Cl2N4OS/c1-12-19(24-20(28)23-17-9-5-8-16(21)18(17)22)13(2)26(25-12)11-14-6-4-7-15(10-14)27-3/h4-10H,11H2,1-3H3,(H2,23,24,28). The molecule has 0 radical (unpaired) electrons. The number of halogens is 2. The summed E-state index contributed by atoms with van der Waals surface area (Å²) in [6.45, 7) is 4.57. The van der Waals surface area contributed by atoms with Gasteiger partial charge in [0.05, 0.1) is 46.5 Å². The number of thiocarbonyl (C=S) groups is 1. The molecule has 0 unspecified atom stereocenters. The Labute approximate surface area is 179 Å². The molecular formula is C20H20Cl2N4OS. The summed E-state index contributed by atoms with van der Waals surface area (Å²) in [5.41, 5.74) is 4.43. The van der Waals surface area contributed by atoms with Crippen LogP contribution in [0.15, 0.2) is 42.5 Å². The van der Waals surface area contributed by atoms with Gasteiger partial charge >= 0.3 is 0 Å². The van der Waals surface area contributed by atoms with Crippen LogP contribution in [-0.2, 0) is 6.54 Å². The smallest absolute Gasteiger partial charge is 0.175 e. The van der Waals surface area contributed by atoms with Crippen molar-refractivity contribution in [2.24, 2.45) is 0 Å². The molecule has 28 heavy (non-hydrogen) atoms. The van der Waals surface area contributed by atoms with Crippen LogP contribution in [0.1, 0.15) is 17.0 Å². The molecule has 0 amide bonds. The van der Waals surface area contributed by atoms with Crippen molar-refractivity contribution in [3.8, 4) is 5.75 Å². The third-order valence-electron chi connectivity index (χ3n) is 4.29. The largest absolute Gasteiger partial charge is 0.497 e. The molecule has 0 fully saturated rings. The summed E-state index contributed by atoms with van der Waals surface area (Å²) in [5.74, 6) is 0.821. The van der Waals surface area contributed by atoms with E-state index in [1.54, 1.807) is 13.2 Å². The van der Waals surface area contributed by atoms with Crippen LogP contribution >= 0.6 is 35.4 Å². The first kappa shape index (κ1) is 20.5. The Kier molecular flexibility index (Phi) is 6.44. The molecule has 0 saturated heterocycles. The zero-order valence-electron chi connectivity index (χ0n) is 15.7. The number of benzene rings is 2. The normalized spacial score (nSPS) is 10.6. The third kappa shape index (κ3) is 4.58. The molecule has 2 aromatic carbocycles. The van der Waals surface area contributed by atoms with Crippen LogP contribution in [0.3, 0.4) is 0 Å². The van der Waals surface area contributed by atoms with Crippen LogP contribution in [0, 0.1) is 13.8 Å². The fourth-order valence-corrected chi connectivity index (χ4v) is 3.40. The van der Waals surface area contributed by atoms with E-state index >= 15 is 0 Å². The molecule has 1 heterocycles. The Morgan fingerprint density at radius 3 is 2.64 bits per heavy atom. The molecule has 3 rings (SSSR count). The van der Waals surface area contributed by atoms with E-state index in [1.165, 1.54) is 0 Å². The molecule has 1 aromatic heterocycles. The fraction of sp³-hybridized carbons (Fsp3) is 0.200. The summed E-state index contributed by atoms with van der Waals surface area (Å²) < 4.78 is 7.22. The second kappa shape index (κ2) is 8.82. The van der Waals surface area contributed by atoms with Crippen LogP contribution in [0.5, 0.6) is 5.75 Å². The lowest BCUT2D eigenvalue weighted by atomic mass is 10.2. The average molecular weight is 435 g/mol. The molecular weight excluding hydrogens is 415 g/mol. The van der Waals surface area contributed by atoms with Gasteiger partial charge in [-0.25, -0.2) is 0 Å². The highest BCUT2D eigenvalue weighted by Gasteiger charge is 2.14. The third-order valence-corrected chi connectivity index (χ3v) is 5.31. The Morgan fingerprint density at radius 2 is 1.89 bits per heavy atom. The van der Waals surface area contributed by atoms with Crippen molar-refractivity contribution < 1.29 is 4.74 Å². The van der Waals surface area contributed by atoms with E-state index in [1.807, 2.05) is 54.9 Å². The molecule has 3 aromatic rings. The Hall–Kier alpha value is -2.28. The van der Waals surface area contributed by atoms with Gasteiger partial charge in [-0.15, -0.1) is 0 Å². The Bertz CT molecular complexity index is 1020. The second-order valence-electron chi connectivity index (χ2n) is 6.24. The van der Waals surface area contributed by atoms with Crippen LogP contribution < -0.4 is 15.4 Å². The number of nitrogens with zero attached hydrogens (tertiary/aromatic N) is 2. The van der Waals surface area contributed by atoms with Crippen LogP contribution in [0.25, 0.3) is 0 Å². The topological polar surface area (TPSA) is 51.1 Å². The van der Waals surface area contributed by atoms with E-state index < -0.39 is 0 Å².